The number of benzene rings is 2. The Hall–Kier alpha value is -2.55. The van der Waals surface area contributed by atoms with Gasteiger partial charge < -0.3 is 4.74 Å². The molecule has 4 rings (SSSR count). The molecule has 2 aliphatic rings. The molecule has 2 atom stereocenters. The fraction of sp³-hybridized carbons (Fsp3) is 0.364. The molecule has 2 unspecified atom stereocenters. The summed E-state index contributed by atoms with van der Waals surface area (Å²) in [5.41, 5.74) is 1.45. The van der Waals surface area contributed by atoms with Crippen LogP contribution in [-0.2, 0) is 24.3 Å². The molecule has 2 aliphatic heterocycles. The van der Waals surface area contributed by atoms with E-state index in [1.807, 2.05) is 19.1 Å². The van der Waals surface area contributed by atoms with Crippen LogP contribution in [0.15, 0.2) is 59.5 Å². The number of sulfonamides is 1. The van der Waals surface area contributed by atoms with E-state index in [1.165, 1.54) is 12.1 Å². The molecule has 0 spiro atoms. The first-order valence-electron chi connectivity index (χ1n) is 10.00. The summed E-state index contributed by atoms with van der Waals surface area (Å²) in [6.07, 6.45) is 1.08. The average Bonchev–Trinajstić information content (AvgIpc) is 3.35. The summed E-state index contributed by atoms with van der Waals surface area (Å²) in [4.78, 5) is 27.2. The molecule has 0 saturated carbocycles. The van der Waals surface area contributed by atoms with Crippen LogP contribution in [0.5, 0.6) is 0 Å². The van der Waals surface area contributed by atoms with Crippen molar-refractivity contribution < 1.29 is 22.7 Å². The minimum absolute atomic E-state index is 0.0443. The Morgan fingerprint density at radius 2 is 1.77 bits per heavy atom. The number of carbonyl (C=O) groups excluding carboxylic acids is 2. The van der Waals surface area contributed by atoms with E-state index in [4.69, 9.17) is 4.74 Å². The van der Waals surface area contributed by atoms with E-state index in [0.29, 0.717) is 12.3 Å². The molecule has 7 nitrogen and oxygen atoms in total. The van der Waals surface area contributed by atoms with Gasteiger partial charge in [0.25, 0.3) is 5.91 Å². The zero-order chi connectivity index (χ0) is 21.3. The van der Waals surface area contributed by atoms with E-state index >= 15 is 0 Å². The number of anilines is 1. The number of carbonyl (C=O) groups is 2. The zero-order valence-corrected chi connectivity index (χ0v) is 17.5. The van der Waals surface area contributed by atoms with Crippen molar-refractivity contribution in [2.75, 3.05) is 18.1 Å². The van der Waals surface area contributed by atoms with Gasteiger partial charge >= 0.3 is 0 Å². The molecule has 30 heavy (non-hydrogen) atoms. The van der Waals surface area contributed by atoms with Gasteiger partial charge in [0.2, 0.25) is 15.9 Å². The largest absolute Gasteiger partial charge is 0.377 e. The molecule has 2 aromatic carbocycles. The Morgan fingerprint density at radius 3 is 2.40 bits per heavy atom. The molecule has 0 bridgehead atoms. The van der Waals surface area contributed by atoms with E-state index in [9.17, 15) is 18.0 Å². The lowest BCUT2D eigenvalue weighted by Crippen LogP contribution is -2.48. The molecular weight excluding hydrogens is 404 g/mol. The van der Waals surface area contributed by atoms with Crippen molar-refractivity contribution in [3.63, 3.8) is 0 Å². The van der Waals surface area contributed by atoms with Gasteiger partial charge in [0.05, 0.1) is 23.1 Å². The van der Waals surface area contributed by atoms with Gasteiger partial charge in [-0.15, -0.1) is 0 Å². The van der Waals surface area contributed by atoms with Crippen molar-refractivity contribution in [3.05, 3.63) is 60.2 Å². The van der Waals surface area contributed by atoms with Gasteiger partial charge in [-0.25, -0.2) is 13.3 Å². The summed E-state index contributed by atoms with van der Waals surface area (Å²) in [5, 5.41) is 0. The van der Waals surface area contributed by atoms with Crippen LogP contribution in [-0.4, -0.2) is 49.8 Å². The van der Waals surface area contributed by atoms with Gasteiger partial charge in [-0.2, -0.15) is 4.31 Å². The highest BCUT2D eigenvalue weighted by Crippen LogP contribution is 2.30. The number of imide groups is 1. The number of ether oxygens (including phenoxy) is 1. The maximum Gasteiger partial charge on any atom is 0.252 e. The van der Waals surface area contributed by atoms with Crippen molar-refractivity contribution >= 4 is 27.5 Å². The maximum atomic E-state index is 13.4. The Bertz CT molecular complexity index is 1030. The van der Waals surface area contributed by atoms with Crippen molar-refractivity contribution in [2.45, 2.75) is 43.2 Å². The fourth-order valence-corrected chi connectivity index (χ4v) is 5.55. The van der Waals surface area contributed by atoms with Crippen LogP contribution in [0, 0.1) is 6.92 Å². The van der Waals surface area contributed by atoms with Crippen LogP contribution in [0.4, 0.5) is 5.69 Å². The summed E-state index contributed by atoms with van der Waals surface area (Å²) in [6.45, 7) is 2.52. The van der Waals surface area contributed by atoms with Crippen LogP contribution < -0.4 is 4.90 Å². The van der Waals surface area contributed by atoms with E-state index < -0.39 is 27.9 Å². The molecule has 2 amide bonds. The summed E-state index contributed by atoms with van der Waals surface area (Å²) in [7, 11) is -3.99. The second kappa shape index (κ2) is 8.29. The normalized spacial score (nSPS) is 22.3. The number of hydrogen-bond donors (Lipinski definition) is 0. The quantitative estimate of drug-likeness (QED) is 0.660. The highest BCUT2D eigenvalue weighted by molar-refractivity contribution is 7.89. The third kappa shape index (κ3) is 3.90. The molecule has 2 heterocycles. The molecule has 2 saturated heterocycles. The maximum absolute atomic E-state index is 13.4. The number of amides is 2. The van der Waals surface area contributed by atoms with E-state index in [-0.39, 0.29) is 24.0 Å². The Morgan fingerprint density at radius 1 is 1.07 bits per heavy atom. The van der Waals surface area contributed by atoms with Gasteiger partial charge in [-0.1, -0.05) is 35.9 Å². The van der Waals surface area contributed by atoms with Gasteiger partial charge in [0.15, 0.2) is 0 Å². The number of hydrogen-bond acceptors (Lipinski definition) is 5. The molecule has 2 aromatic rings. The molecule has 0 radical (unpaired) electrons. The van der Waals surface area contributed by atoms with E-state index in [2.05, 4.69) is 0 Å². The van der Waals surface area contributed by atoms with Gasteiger partial charge in [0.1, 0.15) is 6.04 Å². The smallest absolute Gasteiger partial charge is 0.252 e. The van der Waals surface area contributed by atoms with Crippen LogP contribution in [0.1, 0.15) is 24.8 Å². The number of aryl methyl sites for hydroxylation is 1. The van der Waals surface area contributed by atoms with Crippen molar-refractivity contribution in [1.29, 1.82) is 0 Å². The van der Waals surface area contributed by atoms with E-state index in [1.54, 1.807) is 30.3 Å². The Kier molecular flexibility index (Phi) is 5.73. The summed E-state index contributed by atoms with van der Waals surface area (Å²) in [6, 6.07) is 13.9. The molecule has 2 fully saturated rings. The second-order valence-electron chi connectivity index (χ2n) is 7.65. The highest BCUT2D eigenvalue weighted by Gasteiger charge is 2.47. The van der Waals surface area contributed by atoms with Crippen molar-refractivity contribution in [3.8, 4) is 0 Å². The number of rotatable bonds is 6. The monoisotopic (exact) mass is 428 g/mol. The standard InChI is InChI=1S/C22H24N2O5S/c1-16-9-11-17(12-10-16)24-21(25)14-20(22(24)26)23(15-18-6-5-13-29-18)30(27,28)19-7-3-2-4-8-19/h2-4,7-12,18,20H,5-6,13-15H2,1H3. The lowest BCUT2D eigenvalue weighted by atomic mass is 10.2. The fourth-order valence-electron chi connectivity index (χ4n) is 3.92. The molecular formula is C22H24N2O5S. The van der Waals surface area contributed by atoms with Crippen LogP contribution >= 0.6 is 0 Å². The SMILES string of the molecule is Cc1ccc(N2C(=O)CC(N(CC3CCCO3)S(=O)(=O)c3ccccc3)C2=O)cc1. The Balaban J connectivity index is 1.69. The first-order chi connectivity index (χ1) is 14.4. The van der Waals surface area contributed by atoms with Crippen molar-refractivity contribution in [1.82, 2.24) is 4.31 Å². The molecule has 0 N–H and O–H groups in total. The number of nitrogens with zero attached hydrogens (tertiary/aromatic N) is 2. The Labute approximate surface area is 176 Å². The predicted molar refractivity (Wildman–Crippen MR) is 111 cm³/mol. The summed E-state index contributed by atoms with van der Waals surface area (Å²) in [5.74, 6) is -0.934. The highest BCUT2D eigenvalue weighted by atomic mass is 32.2. The molecule has 0 aliphatic carbocycles. The topological polar surface area (TPSA) is 84.0 Å². The lowest BCUT2D eigenvalue weighted by molar-refractivity contribution is -0.122. The third-order valence-electron chi connectivity index (χ3n) is 5.52. The van der Waals surface area contributed by atoms with Crippen LogP contribution in [0.2, 0.25) is 0 Å². The summed E-state index contributed by atoms with van der Waals surface area (Å²) < 4.78 is 33.7. The lowest BCUT2D eigenvalue weighted by Gasteiger charge is -2.28. The molecule has 8 heteroatoms. The third-order valence-corrected chi connectivity index (χ3v) is 7.41. The van der Waals surface area contributed by atoms with Crippen LogP contribution in [0.3, 0.4) is 0 Å². The average molecular weight is 429 g/mol. The van der Waals surface area contributed by atoms with E-state index in [0.717, 1.165) is 27.6 Å². The minimum Gasteiger partial charge on any atom is -0.377 e. The second-order valence-corrected chi connectivity index (χ2v) is 9.54. The van der Waals surface area contributed by atoms with Crippen molar-refractivity contribution in [2.24, 2.45) is 0 Å². The predicted octanol–water partition coefficient (Wildman–Crippen LogP) is 2.50. The summed E-state index contributed by atoms with van der Waals surface area (Å²) >= 11 is 0. The van der Waals surface area contributed by atoms with Gasteiger partial charge in [-0.3, -0.25) is 9.59 Å². The first-order valence-corrected chi connectivity index (χ1v) is 11.4. The zero-order valence-electron chi connectivity index (χ0n) is 16.7. The first kappa shape index (κ1) is 20.7. The molecule has 0 aromatic heterocycles. The van der Waals surface area contributed by atoms with Gasteiger partial charge in [-0.05, 0) is 44.0 Å². The van der Waals surface area contributed by atoms with Crippen LogP contribution in [0.25, 0.3) is 0 Å². The molecule has 158 valence electrons. The van der Waals surface area contributed by atoms with Gasteiger partial charge in [0, 0.05) is 13.2 Å². The minimum atomic E-state index is -3.99.